The lowest BCUT2D eigenvalue weighted by Crippen LogP contribution is -1.93. The minimum Gasteiger partial charge on any atom is -0.303 e. The van der Waals surface area contributed by atoms with Crippen LogP contribution < -0.4 is 0 Å². The third kappa shape index (κ3) is 2.19. The van der Waals surface area contributed by atoms with Gasteiger partial charge in [-0.15, -0.1) is 11.3 Å². The maximum Gasteiger partial charge on any atom is 0.195 e. The van der Waals surface area contributed by atoms with Gasteiger partial charge in [0.1, 0.15) is 5.01 Å². The molecule has 0 fully saturated rings. The number of aromatic nitrogens is 5. The van der Waals surface area contributed by atoms with Gasteiger partial charge in [-0.3, -0.25) is 10.1 Å². The van der Waals surface area contributed by atoms with Gasteiger partial charge < -0.3 is 4.57 Å². The van der Waals surface area contributed by atoms with Gasteiger partial charge >= 0.3 is 0 Å². The number of thiazole rings is 1. The lowest BCUT2D eigenvalue weighted by atomic mass is 10.2. The number of aromatic amines is 1. The van der Waals surface area contributed by atoms with E-state index in [1.165, 1.54) is 0 Å². The van der Waals surface area contributed by atoms with Crippen molar-refractivity contribution >= 4 is 23.6 Å². The van der Waals surface area contributed by atoms with Crippen LogP contribution in [-0.4, -0.2) is 24.7 Å². The van der Waals surface area contributed by atoms with Crippen LogP contribution >= 0.6 is 23.6 Å². The summed E-state index contributed by atoms with van der Waals surface area (Å²) in [6.45, 7) is 2.09. The SMILES string of the molecule is CCc1nc(-c2cccnc2)sc1-c1n[nH]c(=S)n1C. The van der Waals surface area contributed by atoms with Gasteiger partial charge in [-0.2, -0.15) is 5.10 Å². The molecule has 3 aromatic heterocycles. The van der Waals surface area contributed by atoms with Crippen molar-refractivity contribution in [3.8, 4) is 21.3 Å². The van der Waals surface area contributed by atoms with Crippen molar-refractivity contribution in [2.24, 2.45) is 7.05 Å². The molecule has 1 N–H and O–H groups in total. The van der Waals surface area contributed by atoms with Crippen LogP contribution in [0.15, 0.2) is 24.5 Å². The zero-order valence-electron chi connectivity index (χ0n) is 11.1. The first-order valence-electron chi connectivity index (χ1n) is 6.22. The third-order valence-corrected chi connectivity index (χ3v) is 4.53. The molecule has 3 heterocycles. The topological polar surface area (TPSA) is 59.4 Å². The fraction of sp³-hybridized carbons (Fsp3) is 0.231. The fourth-order valence-electron chi connectivity index (χ4n) is 1.93. The number of aryl methyl sites for hydroxylation is 1. The predicted molar refractivity (Wildman–Crippen MR) is 82.1 cm³/mol. The van der Waals surface area contributed by atoms with Gasteiger partial charge in [-0.25, -0.2) is 4.98 Å². The molecule has 3 rings (SSSR count). The summed E-state index contributed by atoms with van der Waals surface area (Å²) in [6, 6.07) is 3.93. The number of H-pyrrole nitrogens is 1. The number of nitrogens with zero attached hydrogens (tertiary/aromatic N) is 4. The Bertz CT molecular complexity index is 785. The minimum absolute atomic E-state index is 0.610. The van der Waals surface area contributed by atoms with Crippen LogP contribution in [0.1, 0.15) is 12.6 Å². The van der Waals surface area contributed by atoms with Crippen LogP contribution in [0.3, 0.4) is 0 Å². The summed E-state index contributed by atoms with van der Waals surface area (Å²) in [6.07, 6.45) is 4.44. The third-order valence-electron chi connectivity index (χ3n) is 3.02. The van der Waals surface area contributed by atoms with Crippen molar-refractivity contribution in [1.29, 1.82) is 0 Å². The standard InChI is InChI=1S/C13H13N5S2/c1-3-9-10(11-16-17-13(19)18(11)2)20-12(15-9)8-5-4-6-14-7-8/h4-7H,3H2,1-2H3,(H,17,19). The Balaban J connectivity index is 2.15. The van der Waals surface area contributed by atoms with Gasteiger partial charge in [0.2, 0.25) is 0 Å². The molecule has 0 aliphatic heterocycles. The number of nitrogens with one attached hydrogen (secondary N) is 1. The molecule has 0 bridgehead atoms. The van der Waals surface area contributed by atoms with Gasteiger partial charge in [0.25, 0.3) is 0 Å². The van der Waals surface area contributed by atoms with Crippen LogP contribution in [-0.2, 0) is 13.5 Å². The van der Waals surface area contributed by atoms with E-state index in [4.69, 9.17) is 17.2 Å². The highest BCUT2D eigenvalue weighted by Crippen LogP contribution is 2.34. The monoisotopic (exact) mass is 303 g/mol. The molecule has 0 aliphatic carbocycles. The summed E-state index contributed by atoms with van der Waals surface area (Å²) in [7, 11) is 1.91. The molecule has 0 radical (unpaired) electrons. The summed E-state index contributed by atoms with van der Waals surface area (Å²) in [5.41, 5.74) is 2.06. The first-order valence-corrected chi connectivity index (χ1v) is 7.45. The summed E-state index contributed by atoms with van der Waals surface area (Å²) < 4.78 is 2.48. The second-order valence-corrected chi connectivity index (χ2v) is 5.69. The van der Waals surface area contributed by atoms with Crippen LogP contribution in [0, 0.1) is 4.77 Å². The zero-order valence-corrected chi connectivity index (χ0v) is 12.8. The molecule has 3 aromatic rings. The molecule has 0 unspecified atom stereocenters. The van der Waals surface area contributed by atoms with Crippen molar-refractivity contribution in [3.05, 3.63) is 35.0 Å². The van der Waals surface area contributed by atoms with E-state index in [0.29, 0.717) is 4.77 Å². The quantitative estimate of drug-likeness (QED) is 0.755. The van der Waals surface area contributed by atoms with Gasteiger partial charge in [-0.05, 0) is 30.8 Å². The first-order chi connectivity index (χ1) is 9.70. The maximum absolute atomic E-state index is 5.17. The van der Waals surface area contributed by atoms with Crippen molar-refractivity contribution < 1.29 is 0 Å². The van der Waals surface area contributed by atoms with Gasteiger partial charge in [0.05, 0.1) is 10.6 Å². The zero-order chi connectivity index (χ0) is 14.1. The largest absolute Gasteiger partial charge is 0.303 e. The van der Waals surface area contributed by atoms with Crippen molar-refractivity contribution in [3.63, 3.8) is 0 Å². The Morgan fingerprint density at radius 2 is 2.30 bits per heavy atom. The summed E-state index contributed by atoms with van der Waals surface area (Å²) >= 11 is 6.79. The maximum atomic E-state index is 5.17. The Morgan fingerprint density at radius 1 is 1.45 bits per heavy atom. The Hall–Kier alpha value is -1.86. The van der Waals surface area contributed by atoms with Gasteiger partial charge in [0, 0.05) is 25.0 Å². The Labute approximate surface area is 125 Å². The van der Waals surface area contributed by atoms with E-state index in [-0.39, 0.29) is 0 Å². The molecule has 0 spiro atoms. The van der Waals surface area contributed by atoms with Crippen molar-refractivity contribution in [2.45, 2.75) is 13.3 Å². The highest BCUT2D eigenvalue weighted by molar-refractivity contribution is 7.71. The average molecular weight is 303 g/mol. The van der Waals surface area contributed by atoms with E-state index in [2.05, 4.69) is 22.1 Å². The Morgan fingerprint density at radius 3 is 2.90 bits per heavy atom. The lowest BCUT2D eigenvalue weighted by molar-refractivity contribution is 0.900. The van der Waals surface area contributed by atoms with E-state index in [9.17, 15) is 0 Å². The van der Waals surface area contributed by atoms with Crippen molar-refractivity contribution in [1.82, 2.24) is 24.7 Å². The van der Waals surface area contributed by atoms with E-state index >= 15 is 0 Å². The van der Waals surface area contributed by atoms with E-state index in [1.54, 1.807) is 17.5 Å². The highest BCUT2D eigenvalue weighted by atomic mass is 32.1. The number of rotatable bonds is 3. The molecule has 0 saturated carbocycles. The molecule has 7 heteroatoms. The normalized spacial score (nSPS) is 10.9. The van der Waals surface area contributed by atoms with E-state index in [1.807, 2.05) is 29.9 Å². The lowest BCUT2D eigenvalue weighted by Gasteiger charge is -1.98. The molecule has 0 saturated heterocycles. The number of pyridine rings is 1. The smallest absolute Gasteiger partial charge is 0.195 e. The fourth-order valence-corrected chi connectivity index (χ4v) is 3.23. The van der Waals surface area contributed by atoms with Crippen LogP contribution in [0.5, 0.6) is 0 Å². The average Bonchev–Trinajstić information content (AvgIpc) is 3.05. The van der Waals surface area contributed by atoms with E-state index < -0.39 is 0 Å². The minimum atomic E-state index is 0.610. The molecule has 0 atom stereocenters. The van der Waals surface area contributed by atoms with Crippen LogP contribution in [0.25, 0.3) is 21.3 Å². The summed E-state index contributed by atoms with van der Waals surface area (Å²) in [4.78, 5) is 9.90. The number of hydrogen-bond acceptors (Lipinski definition) is 5. The summed E-state index contributed by atoms with van der Waals surface area (Å²) in [5.74, 6) is 0.833. The van der Waals surface area contributed by atoms with E-state index in [0.717, 1.165) is 33.4 Å². The molecular weight excluding hydrogens is 290 g/mol. The van der Waals surface area contributed by atoms with Gasteiger partial charge in [-0.1, -0.05) is 6.92 Å². The van der Waals surface area contributed by atoms with Gasteiger partial charge in [0.15, 0.2) is 10.6 Å². The molecule has 5 nitrogen and oxygen atoms in total. The second-order valence-electron chi connectivity index (χ2n) is 4.30. The second kappa shape index (κ2) is 5.26. The molecular formula is C13H13N5S2. The molecule has 0 aromatic carbocycles. The molecule has 102 valence electrons. The summed E-state index contributed by atoms with van der Waals surface area (Å²) in [5, 5.41) is 8.08. The van der Waals surface area contributed by atoms with Crippen LogP contribution in [0.2, 0.25) is 0 Å². The predicted octanol–water partition coefficient (Wildman–Crippen LogP) is 3.23. The van der Waals surface area contributed by atoms with Crippen molar-refractivity contribution in [2.75, 3.05) is 0 Å². The molecule has 20 heavy (non-hydrogen) atoms. The molecule has 0 aliphatic rings. The first kappa shape index (κ1) is 13.1. The molecule has 0 amide bonds. The number of hydrogen-bond donors (Lipinski definition) is 1. The highest BCUT2D eigenvalue weighted by Gasteiger charge is 2.17. The Kier molecular flexibility index (Phi) is 3.45. The van der Waals surface area contributed by atoms with Crippen LogP contribution in [0.4, 0.5) is 0 Å².